The third-order valence-electron chi connectivity index (χ3n) is 0.0652. The molecule has 0 heterocycles. The molecule has 0 aromatic carbocycles. The van der Waals surface area contributed by atoms with E-state index in [-0.39, 0.29) is 196 Å². The van der Waals surface area contributed by atoms with Crippen LogP contribution in [0, 0.1) is 0 Å². The van der Waals surface area contributed by atoms with Crippen LogP contribution in [0.4, 0.5) is 0 Å². The minimum absolute atomic E-state index is 0. The smallest absolute Gasteiger partial charge is 0 e. The molecule has 12 heteroatoms. The van der Waals surface area contributed by atoms with Gasteiger partial charge in [0.1, 0.15) is 0 Å². The van der Waals surface area contributed by atoms with E-state index in [0.717, 1.165) is 0 Å². The summed E-state index contributed by atoms with van der Waals surface area (Å²) in [5.74, 6) is 0. The van der Waals surface area contributed by atoms with Gasteiger partial charge in [-0.15, -0.1) is 0 Å². The molecule has 0 saturated heterocycles. The topological polar surface area (TPSA) is 3.24 Å². The maximum atomic E-state index is 3.62. The fraction of sp³-hybridized carbons (Fsp3) is 0. The Bertz CT molecular complexity index is 57.0. The van der Waals surface area contributed by atoms with Gasteiger partial charge in [-0.05, 0) is 0 Å². The van der Waals surface area contributed by atoms with Gasteiger partial charge in [0.15, 0.2) is 0 Å². The Morgan fingerprint density at radius 2 is 1.50 bits per heavy atom. The number of nitrogens with zero attached hydrogens (tertiary/aromatic N) is 1. The van der Waals surface area contributed by atoms with Crippen LogP contribution in [0.2, 0.25) is 0 Å². The average Bonchev–Trinajstić information content (AvgIpc) is 1.38. The van der Waals surface area contributed by atoms with Crippen molar-refractivity contribution >= 4 is 188 Å². The Morgan fingerprint density at radius 3 is 1.50 bits per heavy atom. The first-order valence-electron chi connectivity index (χ1n) is 0.769. The fourth-order valence-electron chi connectivity index (χ4n) is 0. The van der Waals surface area contributed by atoms with E-state index in [9.17, 15) is 0 Å². The summed E-state index contributed by atoms with van der Waals surface area (Å²) in [4.78, 5) is 0. The number of hydrogen-bond donors (Lipinski definition) is 0. The van der Waals surface area contributed by atoms with Crippen LogP contribution >= 0.6 is 30.3 Å². The first kappa shape index (κ1) is 49.9. The van der Waals surface area contributed by atoms with Crippen LogP contribution in [0.3, 0.4) is 0 Å². The standard InChI is InChI=1S/Ca.Cr.Cu.Fe.H2INPSe.K.Mg.Na.Zn.6H/c;;;;1-2(3)4;;;;;;;;;;/h;;;;3-4H;;;;;;;;;;/q;;;+1;-1;;;;;;;;;;. The van der Waals surface area contributed by atoms with Gasteiger partial charge in [-0.1, -0.05) is 0 Å². The van der Waals surface area contributed by atoms with Crippen molar-refractivity contribution in [3.05, 3.63) is 0 Å². The van der Waals surface area contributed by atoms with Gasteiger partial charge in [0.05, 0.1) is 0 Å². The van der Waals surface area contributed by atoms with Crippen molar-refractivity contribution in [2.75, 3.05) is 0 Å². The van der Waals surface area contributed by atoms with E-state index in [1.807, 2.05) is 1.90 Å². The fourth-order valence-corrected chi connectivity index (χ4v) is 0. The average molecular weight is 622 g/mol. The van der Waals surface area contributed by atoms with Gasteiger partial charge in [0, 0.05) is 53.9 Å². The molecule has 0 aromatic heterocycles. The van der Waals surface area contributed by atoms with E-state index in [4.69, 9.17) is 0 Å². The van der Waals surface area contributed by atoms with Crippen molar-refractivity contribution in [2.45, 2.75) is 0 Å². The summed E-state index contributed by atoms with van der Waals surface area (Å²) in [5.41, 5.74) is 0. The van der Waals surface area contributed by atoms with E-state index in [2.05, 4.69) is 54.7 Å². The molecule has 0 aliphatic heterocycles. The summed E-state index contributed by atoms with van der Waals surface area (Å²) >= 11 is 8.15. The molecule has 0 amide bonds. The van der Waals surface area contributed by atoms with Gasteiger partial charge in [-0.2, -0.15) is 0 Å². The minimum atomic E-state index is 0. The molecule has 64 valence electrons. The second-order valence-corrected chi connectivity index (χ2v) is 6.87. The van der Waals surface area contributed by atoms with Crippen molar-refractivity contribution in [1.29, 1.82) is 0 Å². The molecule has 0 aromatic rings. The molecule has 1 unspecified atom stereocenters. The predicted molar refractivity (Wildman–Crippen MR) is 62.7 cm³/mol. The normalized spacial score (nSPS) is 5.00. The molecule has 12 heavy (non-hydrogen) atoms. The summed E-state index contributed by atoms with van der Waals surface area (Å²) in [6.07, 6.45) is 0. The second kappa shape index (κ2) is 42.7. The monoisotopic (exact) mass is 620 g/mol. The zero-order valence-corrected chi connectivity index (χ0v) is 14.9. The summed E-state index contributed by atoms with van der Waals surface area (Å²) in [6.45, 7) is 0. The van der Waals surface area contributed by atoms with E-state index < -0.39 is 0 Å². The third-order valence-corrected chi connectivity index (χ3v) is 4.75. The summed E-state index contributed by atoms with van der Waals surface area (Å²) in [6, 6.07) is 0. The Hall–Kier alpha value is 8.50. The van der Waals surface area contributed by atoms with Gasteiger partial charge in [-0.3, -0.25) is 0 Å². The minimum Gasteiger partial charge on any atom is 0 e. The molecule has 0 aliphatic rings. The quantitative estimate of drug-likeness (QED) is 0.134. The van der Waals surface area contributed by atoms with Crippen molar-refractivity contribution in [3.63, 3.8) is 0 Å². The molecule has 0 spiro atoms. The van der Waals surface area contributed by atoms with Gasteiger partial charge < -0.3 is 0 Å². The Morgan fingerprint density at radius 1 is 1.42 bits per heavy atom. The van der Waals surface area contributed by atoms with E-state index in [1.54, 1.807) is 0 Å². The maximum absolute atomic E-state index is 3.62. The molecule has 1 atom stereocenters. The maximum Gasteiger partial charge on any atom is 0 e. The van der Waals surface area contributed by atoms with E-state index >= 15 is 0 Å². The largest absolute Gasteiger partial charge is 0 e. The molecule has 0 bridgehead atoms. The van der Waals surface area contributed by atoms with Crippen LogP contribution < -0.4 is 0 Å². The number of hydrogen-bond acceptors (Lipinski definition) is 1. The first-order chi connectivity index (χ1) is 2.27. The van der Waals surface area contributed by atoms with Gasteiger partial charge >= 0.3 is 206 Å². The van der Waals surface area contributed by atoms with Crippen LogP contribution in [0.25, 0.3) is 0 Å². The molecule has 0 N–H and O–H groups in total. The second-order valence-electron chi connectivity index (χ2n) is 0.339. The number of halogens is 1. The van der Waals surface area contributed by atoms with Crippen LogP contribution in [0.15, 0.2) is 0 Å². The Kier molecular flexibility index (Phi) is 178. The molecule has 0 fully saturated rings. The van der Waals surface area contributed by atoms with Crippen LogP contribution in [0.5, 0.6) is 0 Å². The molecule has 0 rings (SSSR count). The van der Waals surface area contributed by atoms with Crippen LogP contribution in [-0.4, -0.2) is 160 Å². The van der Waals surface area contributed by atoms with Crippen molar-refractivity contribution in [3.8, 4) is 0 Å². The Labute approximate surface area is 251 Å². The summed E-state index contributed by atoms with van der Waals surface area (Å²) in [5, 5.41) is 0. The molecule has 0 aliphatic carbocycles. The SMILES string of the molecule is [CaH2].[Cr].[Cu].[Fe][PH]N([SeH])I.[KH].[MgH2].[NaH].[Zn]. The zero-order valence-electron chi connectivity index (χ0n) is 3.54. The zero-order chi connectivity index (χ0) is 4.28. The van der Waals surface area contributed by atoms with Gasteiger partial charge in [-0.25, -0.2) is 0 Å². The Balaban J connectivity index is -0.00000000381. The van der Waals surface area contributed by atoms with Gasteiger partial charge in [0.2, 0.25) is 0 Å². The molecule has 0 saturated carbocycles. The molecule has 1 nitrogen and oxygen atoms in total. The van der Waals surface area contributed by atoms with Crippen molar-refractivity contribution in [2.24, 2.45) is 0 Å². The third kappa shape index (κ3) is 51.4. The number of rotatable bonds is 1. The van der Waals surface area contributed by atoms with Crippen LogP contribution in [-0.2, 0) is 69.5 Å². The predicted octanol–water partition coefficient (Wildman–Crippen LogP) is -2.63. The van der Waals surface area contributed by atoms with Gasteiger partial charge in [0.25, 0.3) is 0 Å². The summed E-state index contributed by atoms with van der Waals surface area (Å²) < 4.78 is 1.95. The summed E-state index contributed by atoms with van der Waals surface area (Å²) in [7, 11) is 0.656. The van der Waals surface area contributed by atoms with E-state index in [0.29, 0.717) is 7.42 Å². The van der Waals surface area contributed by atoms with E-state index in [1.165, 1.54) is 0 Å². The molecule has 1 radical (unpaired) electrons. The molecular weight excluding hydrogens is 614 g/mol. The first-order valence-corrected chi connectivity index (χ1v) is 5.03. The van der Waals surface area contributed by atoms with Crippen molar-refractivity contribution < 1.29 is 69.5 Å². The van der Waals surface area contributed by atoms with Crippen LogP contribution in [0.1, 0.15) is 0 Å². The van der Waals surface area contributed by atoms with Crippen molar-refractivity contribution in [1.82, 2.24) is 1.90 Å². The molecular formula is H8CaCrCuFeIKMgNNaPSeZn.